The number of para-hydroxylation sites is 3. The number of rotatable bonds is 3. The summed E-state index contributed by atoms with van der Waals surface area (Å²) >= 11 is 0. The smallest absolute Gasteiger partial charge is 0.135 e. The molecule has 1 N–H and O–H groups in total. The molecule has 0 spiro atoms. The van der Waals surface area contributed by atoms with Crippen LogP contribution in [0.15, 0.2) is 120 Å². The Morgan fingerprint density at radius 2 is 1.12 bits per heavy atom. The van der Waals surface area contributed by atoms with Gasteiger partial charge in [0, 0.05) is 38.6 Å². The third-order valence-electron chi connectivity index (χ3n) is 6.35. The number of benzene rings is 5. The van der Waals surface area contributed by atoms with Crippen molar-refractivity contribution in [1.82, 2.24) is 4.57 Å². The molecule has 33 heavy (non-hydrogen) atoms. The average Bonchev–Trinajstić information content (AvgIpc) is 3.40. The van der Waals surface area contributed by atoms with E-state index in [9.17, 15) is 0 Å². The van der Waals surface area contributed by atoms with E-state index in [1.165, 1.54) is 21.8 Å². The van der Waals surface area contributed by atoms with E-state index in [1.807, 2.05) is 24.3 Å². The minimum atomic E-state index is 0.904. The lowest BCUT2D eigenvalue weighted by atomic mass is 10.1. The number of fused-ring (bicyclic) bond motifs is 6. The highest BCUT2D eigenvalue weighted by Gasteiger charge is 2.12. The van der Waals surface area contributed by atoms with E-state index in [0.717, 1.165) is 39.0 Å². The van der Waals surface area contributed by atoms with E-state index in [-0.39, 0.29) is 0 Å². The topological polar surface area (TPSA) is 30.1 Å². The molecule has 2 aromatic heterocycles. The van der Waals surface area contributed by atoms with Crippen molar-refractivity contribution in [2.75, 3.05) is 5.32 Å². The van der Waals surface area contributed by atoms with Gasteiger partial charge in [0.05, 0.1) is 11.0 Å². The van der Waals surface area contributed by atoms with Crippen molar-refractivity contribution in [2.45, 2.75) is 0 Å². The summed E-state index contributed by atoms with van der Waals surface area (Å²) in [5.41, 5.74) is 7.45. The van der Waals surface area contributed by atoms with Gasteiger partial charge in [-0.2, -0.15) is 0 Å². The van der Waals surface area contributed by atoms with Crippen LogP contribution in [0.25, 0.3) is 49.4 Å². The second-order valence-corrected chi connectivity index (χ2v) is 8.35. The zero-order chi connectivity index (χ0) is 21.8. The van der Waals surface area contributed by atoms with Gasteiger partial charge in [0.15, 0.2) is 0 Å². The highest BCUT2D eigenvalue weighted by atomic mass is 16.3. The van der Waals surface area contributed by atoms with Gasteiger partial charge in [0.1, 0.15) is 11.2 Å². The molecule has 7 aromatic rings. The molecule has 0 radical (unpaired) electrons. The zero-order valence-electron chi connectivity index (χ0n) is 17.8. The number of hydrogen-bond acceptors (Lipinski definition) is 2. The molecule has 5 aromatic carbocycles. The quantitative estimate of drug-likeness (QED) is 0.308. The van der Waals surface area contributed by atoms with Crippen molar-refractivity contribution in [2.24, 2.45) is 0 Å². The normalized spacial score (nSPS) is 11.6. The van der Waals surface area contributed by atoms with Crippen molar-refractivity contribution < 1.29 is 4.42 Å². The first kappa shape index (κ1) is 18.1. The number of nitrogens with one attached hydrogen (secondary N) is 1. The van der Waals surface area contributed by atoms with E-state index in [2.05, 4.69) is 101 Å². The largest absolute Gasteiger partial charge is 0.456 e. The van der Waals surface area contributed by atoms with Gasteiger partial charge < -0.3 is 14.3 Å². The van der Waals surface area contributed by atoms with Crippen LogP contribution >= 0.6 is 0 Å². The average molecular weight is 425 g/mol. The fraction of sp³-hybridized carbons (Fsp3) is 0. The SMILES string of the molecule is c1cc(Nc2ccc3oc4ccccc4c3c2)cc(-n2c3ccccc3c3ccccc32)c1. The van der Waals surface area contributed by atoms with Crippen LogP contribution in [0.1, 0.15) is 0 Å². The van der Waals surface area contributed by atoms with Crippen molar-refractivity contribution >= 4 is 55.1 Å². The van der Waals surface area contributed by atoms with Gasteiger partial charge in [-0.25, -0.2) is 0 Å². The Labute approximate surface area is 190 Å². The highest BCUT2D eigenvalue weighted by Crippen LogP contribution is 2.34. The van der Waals surface area contributed by atoms with E-state index in [1.54, 1.807) is 0 Å². The summed E-state index contributed by atoms with van der Waals surface area (Å²) in [6.45, 7) is 0. The Hall–Kier alpha value is -4.50. The monoisotopic (exact) mass is 424 g/mol. The molecule has 0 fully saturated rings. The molecule has 0 aliphatic carbocycles. The molecule has 156 valence electrons. The third kappa shape index (κ3) is 2.83. The predicted molar refractivity (Wildman–Crippen MR) is 138 cm³/mol. The van der Waals surface area contributed by atoms with Crippen molar-refractivity contribution in [1.29, 1.82) is 0 Å². The Morgan fingerprint density at radius 1 is 0.485 bits per heavy atom. The molecule has 3 heteroatoms. The van der Waals surface area contributed by atoms with Crippen molar-refractivity contribution in [3.05, 3.63) is 115 Å². The second kappa shape index (κ2) is 7.01. The highest BCUT2D eigenvalue weighted by molar-refractivity contribution is 6.09. The Morgan fingerprint density at radius 3 is 1.91 bits per heavy atom. The van der Waals surface area contributed by atoms with Crippen LogP contribution < -0.4 is 5.32 Å². The number of anilines is 2. The van der Waals surface area contributed by atoms with Crippen LogP contribution in [0.4, 0.5) is 11.4 Å². The van der Waals surface area contributed by atoms with Crippen LogP contribution in [0, 0.1) is 0 Å². The standard InChI is InChI=1S/C30H20N2O/c1-4-13-27-23(10-1)24-11-2-5-14-28(24)32(27)22-9-7-8-20(18-22)31-21-16-17-30-26(19-21)25-12-3-6-15-29(25)33-30/h1-19,31H. The van der Waals surface area contributed by atoms with E-state index < -0.39 is 0 Å². The fourth-order valence-electron chi connectivity index (χ4n) is 4.89. The molecule has 7 rings (SSSR count). The maximum absolute atomic E-state index is 5.98. The molecule has 0 saturated carbocycles. The molecule has 2 heterocycles. The molecule has 0 aliphatic rings. The Bertz CT molecular complexity index is 1750. The molecule has 0 bridgehead atoms. The summed E-state index contributed by atoms with van der Waals surface area (Å²) < 4.78 is 8.31. The van der Waals surface area contributed by atoms with Gasteiger partial charge in [-0.05, 0) is 54.6 Å². The summed E-state index contributed by atoms with van der Waals surface area (Å²) in [6, 6.07) is 40.2. The molecule has 0 atom stereocenters. The van der Waals surface area contributed by atoms with Gasteiger partial charge >= 0.3 is 0 Å². The molecule has 3 nitrogen and oxygen atoms in total. The van der Waals surface area contributed by atoms with E-state index >= 15 is 0 Å². The molecule has 0 amide bonds. The number of furan rings is 1. The lowest BCUT2D eigenvalue weighted by Crippen LogP contribution is -1.96. The first-order valence-corrected chi connectivity index (χ1v) is 11.1. The fourth-order valence-corrected chi connectivity index (χ4v) is 4.89. The van der Waals surface area contributed by atoms with Crippen molar-refractivity contribution in [3.8, 4) is 5.69 Å². The summed E-state index contributed by atoms with van der Waals surface area (Å²) in [5.74, 6) is 0. The molecule has 0 unspecified atom stereocenters. The first-order chi connectivity index (χ1) is 16.3. The summed E-state index contributed by atoms with van der Waals surface area (Å²) in [5, 5.41) is 8.38. The number of aromatic nitrogens is 1. The van der Waals surface area contributed by atoms with E-state index in [0.29, 0.717) is 0 Å². The van der Waals surface area contributed by atoms with Crippen LogP contribution in [0.5, 0.6) is 0 Å². The zero-order valence-corrected chi connectivity index (χ0v) is 17.8. The molecular formula is C30H20N2O. The van der Waals surface area contributed by atoms with Crippen LogP contribution in [0.2, 0.25) is 0 Å². The maximum atomic E-state index is 5.98. The van der Waals surface area contributed by atoms with Gasteiger partial charge in [-0.1, -0.05) is 60.7 Å². The minimum Gasteiger partial charge on any atom is -0.456 e. The lowest BCUT2D eigenvalue weighted by molar-refractivity contribution is 0.669. The number of hydrogen-bond donors (Lipinski definition) is 1. The lowest BCUT2D eigenvalue weighted by Gasteiger charge is -2.11. The first-order valence-electron chi connectivity index (χ1n) is 11.1. The van der Waals surface area contributed by atoms with Crippen LogP contribution in [0.3, 0.4) is 0 Å². The predicted octanol–water partition coefficient (Wildman–Crippen LogP) is 8.43. The Balaban J connectivity index is 1.34. The number of nitrogens with zero attached hydrogens (tertiary/aromatic N) is 1. The summed E-state index contributed by atoms with van der Waals surface area (Å²) in [4.78, 5) is 0. The van der Waals surface area contributed by atoms with Gasteiger partial charge in [-0.3, -0.25) is 0 Å². The molecule has 0 aliphatic heterocycles. The maximum Gasteiger partial charge on any atom is 0.135 e. The summed E-state index contributed by atoms with van der Waals surface area (Å²) in [7, 11) is 0. The van der Waals surface area contributed by atoms with Gasteiger partial charge in [-0.15, -0.1) is 0 Å². The van der Waals surface area contributed by atoms with Crippen LogP contribution in [-0.4, -0.2) is 4.57 Å². The van der Waals surface area contributed by atoms with Gasteiger partial charge in [0.2, 0.25) is 0 Å². The Kier molecular flexibility index (Phi) is 3.84. The summed E-state index contributed by atoms with van der Waals surface area (Å²) in [6.07, 6.45) is 0. The third-order valence-corrected chi connectivity index (χ3v) is 6.35. The van der Waals surface area contributed by atoms with Crippen molar-refractivity contribution in [3.63, 3.8) is 0 Å². The van der Waals surface area contributed by atoms with Crippen LogP contribution in [-0.2, 0) is 0 Å². The molecule has 0 saturated heterocycles. The second-order valence-electron chi connectivity index (χ2n) is 8.35. The minimum absolute atomic E-state index is 0.904. The van der Waals surface area contributed by atoms with Gasteiger partial charge in [0.25, 0.3) is 0 Å². The molecular weight excluding hydrogens is 404 g/mol. The van der Waals surface area contributed by atoms with E-state index in [4.69, 9.17) is 4.42 Å².